The summed E-state index contributed by atoms with van der Waals surface area (Å²) in [5.41, 5.74) is 4.15. The number of aromatic amines is 1. The van der Waals surface area contributed by atoms with Crippen LogP contribution < -0.4 is 10.6 Å². The fourth-order valence-electron chi connectivity index (χ4n) is 3.13. The first kappa shape index (κ1) is 16.4. The molecule has 3 N–H and O–H groups in total. The van der Waals surface area contributed by atoms with E-state index < -0.39 is 0 Å². The number of benzene rings is 2. The Morgan fingerprint density at radius 1 is 1.08 bits per heavy atom. The van der Waals surface area contributed by atoms with Crippen molar-refractivity contribution in [2.24, 2.45) is 5.92 Å². The SMILES string of the molecule is CNC(=O)c1cc2c(-c3ccc(C(=O)NCC4CC4)cc3)cccc2[nH]1. The summed E-state index contributed by atoms with van der Waals surface area (Å²) in [6.07, 6.45) is 2.44. The molecule has 132 valence electrons. The van der Waals surface area contributed by atoms with E-state index >= 15 is 0 Å². The predicted octanol–water partition coefficient (Wildman–Crippen LogP) is 3.33. The highest BCUT2D eigenvalue weighted by Crippen LogP contribution is 2.30. The topological polar surface area (TPSA) is 74.0 Å². The average molecular weight is 347 g/mol. The Kier molecular flexibility index (Phi) is 4.21. The van der Waals surface area contributed by atoms with E-state index in [4.69, 9.17) is 0 Å². The molecule has 3 aromatic rings. The summed E-state index contributed by atoms with van der Waals surface area (Å²) in [4.78, 5) is 27.2. The van der Waals surface area contributed by atoms with Gasteiger partial charge in [-0.2, -0.15) is 0 Å². The van der Waals surface area contributed by atoms with Gasteiger partial charge in [0.25, 0.3) is 11.8 Å². The number of hydrogen-bond donors (Lipinski definition) is 3. The second-order valence-electron chi connectivity index (χ2n) is 6.76. The van der Waals surface area contributed by atoms with Crippen LogP contribution in [0, 0.1) is 5.92 Å². The lowest BCUT2D eigenvalue weighted by Crippen LogP contribution is -2.25. The molecule has 0 unspecified atom stereocenters. The van der Waals surface area contributed by atoms with Gasteiger partial charge in [0.2, 0.25) is 0 Å². The largest absolute Gasteiger partial charge is 0.354 e. The Hall–Kier alpha value is -3.08. The number of carbonyl (C=O) groups is 2. The van der Waals surface area contributed by atoms with Crippen molar-refractivity contribution < 1.29 is 9.59 Å². The van der Waals surface area contributed by atoms with Crippen molar-refractivity contribution in [2.45, 2.75) is 12.8 Å². The number of nitrogens with one attached hydrogen (secondary N) is 3. The first-order valence-electron chi connectivity index (χ1n) is 8.88. The minimum Gasteiger partial charge on any atom is -0.354 e. The smallest absolute Gasteiger partial charge is 0.267 e. The molecule has 1 aliphatic carbocycles. The van der Waals surface area contributed by atoms with Gasteiger partial charge in [0.15, 0.2) is 0 Å². The van der Waals surface area contributed by atoms with Gasteiger partial charge in [0, 0.05) is 30.1 Å². The third-order valence-corrected chi connectivity index (χ3v) is 4.84. The lowest BCUT2D eigenvalue weighted by molar-refractivity contribution is 0.0946. The zero-order chi connectivity index (χ0) is 18.1. The summed E-state index contributed by atoms with van der Waals surface area (Å²) in [6.45, 7) is 0.769. The standard InChI is InChI=1S/C21H21N3O2/c1-22-21(26)19-11-17-16(3-2-4-18(17)24-19)14-7-9-15(10-8-14)20(25)23-12-13-5-6-13/h2-4,7-11,13,24H,5-6,12H2,1H3,(H,22,26)(H,23,25). The molecule has 1 saturated carbocycles. The minimum absolute atomic E-state index is 0.0230. The molecule has 0 aliphatic heterocycles. The van der Waals surface area contributed by atoms with Gasteiger partial charge in [0.1, 0.15) is 5.69 Å². The number of aromatic nitrogens is 1. The van der Waals surface area contributed by atoms with Crippen LogP contribution in [-0.2, 0) is 0 Å². The van der Waals surface area contributed by atoms with Crippen molar-refractivity contribution in [3.05, 3.63) is 59.8 Å². The molecule has 1 heterocycles. The van der Waals surface area contributed by atoms with Gasteiger partial charge in [-0.15, -0.1) is 0 Å². The lowest BCUT2D eigenvalue weighted by Gasteiger charge is -2.07. The van der Waals surface area contributed by atoms with Gasteiger partial charge in [-0.25, -0.2) is 0 Å². The van der Waals surface area contributed by atoms with Crippen molar-refractivity contribution in [1.82, 2.24) is 15.6 Å². The van der Waals surface area contributed by atoms with Crippen molar-refractivity contribution >= 4 is 22.7 Å². The summed E-state index contributed by atoms with van der Waals surface area (Å²) < 4.78 is 0. The van der Waals surface area contributed by atoms with Crippen LogP contribution in [0.2, 0.25) is 0 Å². The monoisotopic (exact) mass is 347 g/mol. The van der Waals surface area contributed by atoms with Crippen LogP contribution in [0.25, 0.3) is 22.0 Å². The number of fused-ring (bicyclic) bond motifs is 1. The maximum absolute atomic E-state index is 12.2. The maximum atomic E-state index is 12.2. The predicted molar refractivity (Wildman–Crippen MR) is 102 cm³/mol. The zero-order valence-electron chi connectivity index (χ0n) is 14.6. The first-order chi connectivity index (χ1) is 12.7. The van der Waals surface area contributed by atoms with Crippen molar-refractivity contribution in [3.8, 4) is 11.1 Å². The maximum Gasteiger partial charge on any atom is 0.267 e. The number of rotatable bonds is 5. The molecule has 0 atom stereocenters. The van der Waals surface area contributed by atoms with Crippen LogP contribution in [0.1, 0.15) is 33.7 Å². The molecular weight excluding hydrogens is 326 g/mol. The molecule has 26 heavy (non-hydrogen) atoms. The molecule has 0 bridgehead atoms. The Balaban J connectivity index is 1.61. The molecule has 5 nitrogen and oxygen atoms in total. The number of carbonyl (C=O) groups excluding carboxylic acids is 2. The van der Waals surface area contributed by atoms with E-state index in [-0.39, 0.29) is 11.8 Å². The van der Waals surface area contributed by atoms with Gasteiger partial charge >= 0.3 is 0 Å². The lowest BCUT2D eigenvalue weighted by atomic mass is 10.00. The number of amides is 2. The second kappa shape index (κ2) is 6.67. The molecule has 1 aromatic heterocycles. The Morgan fingerprint density at radius 3 is 2.54 bits per heavy atom. The minimum atomic E-state index is -0.144. The third kappa shape index (κ3) is 3.20. The van der Waals surface area contributed by atoms with Gasteiger partial charge in [-0.05, 0) is 54.2 Å². The quantitative estimate of drug-likeness (QED) is 0.662. The van der Waals surface area contributed by atoms with Gasteiger partial charge < -0.3 is 15.6 Å². The summed E-state index contributed by atoms with van der Waals surface area (Å²) in [5.74, 6) is 0.499. The molecule has 1 aliphatic rings. The van der Waals surface area contributed by atoms with Crippen LogP contribution in [0.4, 0.5) is 0 Å². The first-order valence-corrected chi connectivity index (χ1v) is 8.88. The van der Waals surface area contributed by atoms with Crippen molar-refractivity contribution in [2.75, 3.05) is 13.6 Å². The van der Waals surface area contributed by atoms with Crippen LogP contribution >= 0.6 is 0 Å². The van der Waals surface area contributed by atoms with Crippen LogP contribution in [0.15, 0.2) is 48.5 Å². The van der Waals surface area contributed by atoms with E-state index in [1.807, 2.05) is 48.5 Å². The molecule has 2 amide bonds. The third-order valence-electron chi connectivity index (χ3n) is 4.84. The van der Waals surface area contributed by atoms with Gasteiger partial charge in [0.05, 0.1) is 0 Å². The molecule has 2 aromatic carbocycles. The summed E-state index contributed by atoms with van der Waals surface area (Å²) >= 11 is 0. The van der Waals surface area contributed by atoms with Gasteiger partial charge in [-0.1, -0.05) is 24.3 Å². The molecule has 0 saturated heterocycles. The molecule has 5 heteroatoms. The summed E-state index contributed by atoms with van der Waals surface area (Å²) in [7, 11) is 1.61. The number of H-pyrrole nitrogens is 1. The zero-order valence-corrected chi connectivity index (χ0v) is 14.6. The fraction of sp³-hybridized carbons (Fsp3) is 0.238. The number of hydrogen-bond acceptors (Lipinski definition) is 2. The van der Waals surface area contributed by atoms with E-state index in [0.717, 1.165) is 28.6 Å². The van der Waals surface area contributed by atoms with Gasteiger partial charge in [-0.3, -0.25) is 9.59 Å². The molecule has 0 spiro atoms. The van der Waals surface area contributed by atoms with Crippen molar-refractivity contribution in [3.63, 3.8) is 0 Å². The Morgan fingerprint density at radius 2 is 1.85 bits per heavy atom. The molecular formula is C21H21N3O2. The normalized spacial score (nSPS) is 13.6. The fourth-order valence-corrected chi connectivity index (χ4v) is 3.13. The average Bonchev–Trinajstić information content (AvgIpc) is 3.41. The van der Waals surface area contributed by atoms with E-state index in [0.29, 0.717) is 17.2 Å². The Labute approximate surface area is 151 Å². The highest BCUT2D eigenvalue weighted by molar-refractivity contribution is 6.03. The van der Waals surface area contributed by atoms with E-state index in [9.17, 15) is 9.59 Å². The molecule has 1 fully saturated rings. The Bertz CT molecular complexity index is 969. The van der Waals surface area contributed by atoms with E-state index in [2.05, 4.69) is 15.6 Å². The van der Waals surface area contributed by atoms with Crippen molar-refractivity contribution in [1.29, 1.82) is 0 Å². The van der Waals surface area contributed by atoms with Crippen LogP contribution in [-0.4, -0.2) is 30.4 Å². The second-order valence-corrected chi connectivity index (χ2v) is 6.76. The van der Waals surface area contributed by atoms with Crippen LogP contribution in [0.5, 0.6) is 0 Å². The summed E-state index contributed by atoms with van der Waals surface area (Å²) in [5, 5.41) is 6.60. The van der Waals surface area contributed by atoms with E-state index in [1.54, 1.807) is 7.05 Å². The van der Waals surface area contributed by atoms with E-state index in [1.165, 1.54) is 12.8 Å². The van der Waals surface area contributed by atoms with Crippen LogP contribution in [0.3, 0.4) is 0 Å². The highest BCUT2D eigenvalue weighted by Gasteiger charge is 2.21. The molecule has 0 radical (unpaired) electrons. The summed E-state index contributed by atoms with van der Waals surface area (Å²) in [6, 6.07) is 15.4. The molecule has 4 rings (SSSR count). The highest BCUT2D eigenvalue weighted by atomic mass is 16.2.